The van der Waals surface area contributed by atoms with Crippen LogP contribution in [0.3, 0.4) is 0 Å². The lowest BCUT2D eigenvalue weighted by atomic mass is 10.1. The Balaban J connectivity index is 1.39. The number of carbonyl (C=O) groups is 1. The predicted octanol–water partition coefficient (Wildman–Crippen LogP) is 2.14. The van der Waals surface area contributed by atoms with Crippen molar-refractivity contribution in [3.63, 3.8) is 0 Å². The van der Waals surface area contributed by atoms with E-state index in [2.05, 4.69) is 26.9 Å². The summed E-state index contributed by atoms with van der Waals surface area (Å²) in [4.78, 5) is 32.3. The summed E-state index contributed by atoms with van der Waals surface area (Å²) >= 11 is 0. The number of likely N-dealkylation sites (N-methyl/N-ethyl adjacent to an activating group) is 1. The number of benzene rings is 2. The number of hydrogen-bond donors (Lipinski definition) is 1. The number of rotatable bonds is 3. The number of fused-ring (bicyclic) bond motifs is 4. The lowest BCUT2D eigenvalue weighted by Crippen LogP contribution is -2.30. The number of nitrogens with one attached hydrogen (secondary N) is 1. The second-order valence-electron chi connectivity index (χ2n) is 7.76. The largest absolute Gasteiger partial charge is 0.326 e. The van der Waals surface area contributed by atoms with Crippen molar-refractivity contribution in [2.75, 3.05) is 18.9 Å². The average molecular weight is 402 g/mol. The fourth-order valence-corrected chi connectivity index (χ4v) is 4.07. The molecule has 30 heavy (non-hydrogen) atoms. The molecule has 0 aliphatic carbocycles. The molecule has 4 aromatic rings. The maximum atomic E-state index is 12.7. The van der Waals surface area contributed by atoms with Crippen molar-refractivity contribution >= 4 is 33.4 Å². The van der Waals surface area contributed by atoms with E-state index in [1.807, 2.05) is 43.3 Å². The summed E-state index contributed by atoms with van der Waals surface area (Å²) in [6.45, 7) is 4.40. The van der Waals surface area contributed by atoms with Crippen molar-refractivity contribution < 1.29 is 4.79 Å². The van der Waals surface area contributed by atoms with Crippen molar-refractivity contribution in [1.82, 2.24) is 24.2 Å². The van der Waals surface area contributed by atoms with Crippen LogP contribution >= 0.6 is 0 Å². The summed E-state index contributed by atoms with van der Waals surface area (Å²) in [5, 5.41) is 8.54. The highest BCUT2D eigenvalue weighted by Crippen LogP contribution is 2.23. The summed E-state index contributed by atoms with van der Waals surface area (Å²) in [6, 6.07) is 13.0. The molecule has 0 saturated heterocycles. The van der Waals surface area contributed by atoms with Gasteiger partial charge < -0.3 is 9.88 Å². The van der Waals surface area contributed by atoms with Crippen LogP contribution in [0.15, 0.2) is 47.3 Å². The van der Waals surface area contributed by atoms with E-state index >= 15 is 0 Å². The molecule has 1 N–H and O–H groups in total. The van der Waals surface area contributed by atoms with Gasteiger partial charge in [-0.1, -0.05) is 18.2 Å². The molecule has 0 unspecified atom stereocenters. The van der Waals surface area contributed by atoms with Gasteiger partial charge in [0.25, 0.3) is 5.56 Å². The summed E-state index contributed by atoms with van der Waals surface area (Å²) in [7, 11) is 2.08. The van der Waals surface area contributed by atoms with E-state index in [4.69, 9.17) is 4.98 Å². The average Bonchev–Trinajstić information content (AvgIpc) is 3.08. The zero-order chi connectivity index (χ0) is 20.8. The minimum Gasteiger partial charge on any atom is -0.326 e. The number of carbonyl (C=O) groups excluding carboxylic acids is 1. The number of hydrogen-bond acceptors (Lipinski definition) is 5. The first-order valence-corrected chi connectivity index (χ1v) is 9.93. The molecule has 1 amide bonds. The number of anilines is 1. The second-order valence-corrected chi connectivity index (χ2v) is 7.76. The molecule has 1 aliphatic heterocycles. The Labute approximate surface area is 172 Å². The quantitative estimate of drug-likeness (QED) is 0.568. The maximum absolute atomic E-state index is 12.7. The van der Waals surface area contributed by atoms with Crippen LogP contribution in [0.5, 0.6) is 0 Å². The van der Waals surface area contributed by atoms with E-state index < -0.39 is 0 Å². The van der Waals surface area contributed by atoms with Gasteiger partial charge in [0.1, 0.15) is 12.4 Å². The molecule has 0 spiro atoms. The zero-order valence-corrected chi connectivity index (χ0v) is 16.9. The van der Waals surface area contributed by atoms with Gasteiger partial charge in [0, 0.05) is 24.2 Å². The Morgan fingerprint density at radius 2 is 1.93 bits per heavy atom. The van der Waals surface area contributed by atoms with Crippen molar-refractivity contribution in [3.8, 4) is 0 Å². The fraction of sp³-hybridized carbons (Fsp3) is 0.273. The Hall–Kier alpha value is -3.52. The zero-order valence-electron chi connectivity index (χ0n) is 16.9. The predicted molar refractivity (Wildman–Crippen MR) is 115 cm³/mol. The van der Waals surface area contributed by atoms with Gasteiger partial charge in [-0.2, -0.15) is 5.10 Å². The second kappa shape index (κ2) is 7.07. The van der Waals surface area contributed by atoms with Crippen LogP contribution in [-0.4, -0.2) is 43.7 Å². The van der Waals surface area contributed by atoms with E-state index in [1.165, 1.54) is 4.68 Å². The minimum atomic E-state index is -0.303. The first-order chi connectivity index (χ1) is 14.5. The molecule has 0 atom stereocenters. The monoisotopic (exact) mass is 402 g/mol. The highest BCUT2D eigenvalue weighted by molar-refractivity contribution is 5.93. The standard InChI is InChI=1S/C22H22N6O2/c1-14-16-5-3-4-6-17(16)22(30)28(25-14)13-21(29)23-15-7-8-19-18(11-15)24-20-12-26(2)9-10-27(19)20/h3-8,11H,9-10,12-13H2,1-2H3,(H,23,29). The summed E-state index contributed by atoms with van der Waals surface area (Å²) in [6.07, 6.45) is 0. The van der Waals surface area contributed by atoms with Crippen LogP contribution in [0.25, 0.3) is 21.8 Å². The molecule has 0 bridgehead atoms. The van der Waals surface area contributed by atoms with Crippen LogP contribution in [0, 0.1) is 6.92 Å². The normalized spacial score (nSPS) is 14.2. The number of nitrogens with zero attached hydrogens (tertiary/aromatic N) is 5. The van der Waals surface area contributed by atoms with Gasteiger partial charge in [-0.25, -0.2) is 9.67 Å². The molecule has 2 aromatic heterocycles. The van der Waals surface area contributed by atoms with Gasteiger partial charge in [0.15, 0.2) is 0 Å². The first kappa shape index (κ1) is 18.5. The Bertz CT molecular complexity index is 1350. The van der Waals surface area contributed by atoms with E-state index in [9.17, 15) is 9.59 Å². The Morgan fingerprint density at radius 1 is 1.13 bits per heavy atom. The van der Waals surface area contributed by atoms with E-state index in [-0.39, 0.29) is 18.0 Å². The van der Waals surface area contributed by atoms with Gasteiger partial charge >= 0.3 is 0 Å². The smallest absolute Gasteiger partial charge is 0.275 e. The van der Waals surface area contributed by atoms with Crippen LogP contribution in [0.2, 0.25) is 0 Å². The molecular weight excluding hydrogens is 380 g/mol. The lowest BCUT2D eigenvalue weighted by Gasteiger charge is -2.23. The molecule has 2 aromatic carbocycles. The SMILES string of the molecule is Cc1nn(CC(=O)Nc2ccc3c(c2)nc2n3CCN(C)C2)c(=O)c2ccccc12. The number of aryl methyl sites for hydroxylation is 1. The van der Waals surface area contributed by atoms with Crippen molar-refractivity contribution in [2.24, 2.45) is 0 Å². The maximum Gasteiger partial charge on any atom is 0.275 e. The third-order valence-corrected chi connectivity index (χ3v) is 5.57. The fourth-order valence-electron chi connectivity index (χ4n) is 4.07. The summed E-state index contributed by atoms with van der Waals surface area (Å²) in [5.74, 6) is 0.729. The van der Waals surface area contributed by atoms with Crippen molar-refractivity contribution in [2.45, 2.75) is 26.6 Å². The molecule has 8 nitrogen and oxygen atoms in total. The Kier molecular flexibility index (Phi) is 4.36. The molecule has 3 heterocycles. The van der Waals surface area contributed by atoms with Crippen LogP contribution in [-0.2, 0) is 24.4 Å². The van der Waals surface area contributed by atoms with E-state index in [0.29, 0.717) is 16.8 Å². The van der Waals surface area contributed by atoms with Crippen LogP contribution in [0.4, 0.5) is 5.69 Å². The summed E-state index contributed by atoms with van der Waals surface area (Å²) in [5.41, 5.74) is 3.02. The number of amides is 1. The highest BCUT2D eigenvalue weighted by atomic mass is 16.2. The third-order valence-electron chi connectivity index (χ3n) is 5.57. The van der Waals surface area contributed by atoms with Crippen LogP contribution in [0.1, 0.15) is 11.5 Å². The third kappa shape index (κ3) is 3.15. The molecule has 0 saturated carbocycles. The van der Waals surface area contributed by atoms with Crippen LogP contribution < -0.4 is 10.9 Å². The van der Waals surface area contributed by atoms with E-state index in [0.717, 1.165) is 41.9 Å². The van der Waals surface area contributed by atoms with Crippen molar-refractivity contribution in [1.29, 1.82) is 0 Å². The molecule has 8 heteroatoms. The van der Waals surface area contributed by atoms with E-state index in [1.54, 1.807) is 6.07 Å². The topological polar surface area (TPSA) is 85.1 Å². The molecule has 0 radical (unpaired) electrons. The minimum absolute atomic E-state index is 0.146. The van der Waals surface area contributed by atoms with Gasteiger partial charge in [0.05, 0.1) is 28.7 Å². The first-order valence-electron chi connectivity index (χ1n) is 9.93. The van der Waals surface area contributed by atoms with Gasteiger partial charge in [0.2, 0.25) is 5.91 Å². The number of aromatic nitrogens is 4. The highest BCUT2D eigenvalue weighted by Gasteiger charge is 2.18. The van der Waals surface area contributed by atoms with Gasteiger partial charge in [-0.05, 0) is 38.2 Å². The molecule has 5 rings (SSSR count). The number of imidazole rings is 1. The summed E-state index contributed by atoms with van der Waals surface area (Å²) < 4.78 is 3.44. The van der Waals surface area contributed by atoms with Gasteiger partial charge in [-0.3, -0.25) is 14.5 Å². The molecular formula is C22H22N6O2. The molecule has 1 aliphatic rings. The molecule has 152 valence electrons. The lowest BCUT2D eigenvalue weighted by molar-refractivity contribution is -0.117. The molecule has 0 fully saturated rings. The Morgan fingerprint density at radius 3 is 2.77 bits per heavy atom. The van der Waals surface area contributed by atoms with Gasteiger partial charge in [-0.15, -0.1) is 0 Å². The van der Waals surface area contributed by atoms with Crippen molar-refractivity contribution in [3.05, 3.63) is 64.3 Å².